The zero-order chi connectivity index (χ0) is 13.1. The summed E-state index contributed by atoms with van der Waals surface area (Å²) in [6.45, 7) is 2.01. The van der Waals surface area contributed by atoms with Crippen molar-refractivity contribution in [1.29, 1.82) is 0 Å². The Bertz CT molecular complexity index is 697. The SMILES string of the molecule is Cc1ccc2cccc([O][Hg][c]3ccccc3)c2n1. The topological polar surface area (TPSA) is 22.1 Å². The van der Waals surface area contributed by atoms with Crippen molar-refractivity contribution in [2.45, 2.75) is 6.92 Å². The van der Waals surface area contributed by atoms with Crippen LogP contribution in [0.15, 0.2) is 60.7 Å². The molecule has 0 amide bonds. The van der Waals surface area contributed by atoms with Crippen molar-refractivity contribution >= 4 is 14.0 Å². The summed E-state index contributed by atoms with van der Waals surface area (Å²) < 4.78 is 7.50. The number of pyridine rings is 1. The predicted molar refractivity (Wildman–Crippen MR) is 73.2 cm³/mol. The molecule has 1 aromatic heterocycles. The summed E-state index contributed by atoms with van der Waals surface area (Å²) >= 11 is -1.54. The molecule has 2 nitrogen and oxygen atoms in total. The Morgan fingerprint density at radius 3 is 2.58 bits per heavy atom. The Morgan fingerprint density at radius 1 is 0.895 bits per heavy atom. The molecule has 0 atom stereocenters. The molecule has 3 rings (SSSR count). The number of aryl methyl sites for hydroxylation is 1. The molecule has 0 bridgehead atoms. The Balaban J connectivity index is 1.90. The molecule has 2 aromatic carbocycles. The molecule has 0 radical (unpaired) electrons. The van der Waals surface area contributed by atoms with Gasteiger partial charge < -0.3 is 0 Å². The van der Waals surface area contributed by atoms with Crippen molar-refractivity contribution in [3.05, 3.63) is 66.4 Å². The monoisotopic (exact) mass is 437 g/mol. The third-order valence-electron chi connectivity index (χ3n) is 3.06. The second-order valence-electron chi connectivity index (χ2n) is 4.55. The van der Waals surface area contributed by atoms with Gasteiger partial charge >= 0.3 is 126 Å². The number of para-hydroxylation sites is 1. The Kier molecular flexibility index (Phi) is 3.78. The average molecular weight is 436 g/mol. The van der Waals surface area contributed by atoms with E-state index in [4.69, 9.17) is 2.64 Å². The third-order valence-corrected chi connectivity index (χ3v) is 7.96. The van der Waals surface area contributed by atoms with Crippen molar-refractivity contribution in [2.24, 2.45) is 0 Å². The van der Waals surface area contributed by atoms with E-state index in [-0.39, 0.29) is 0 Å². The quantitative estimate of drug-likeness (QED) is 0.589. The first kappa shape index (κ1) is 12.6. The van der Waals surface area contributed by atoms with E-state index >= 15 is 0 Å². The third kappa shape index (κ3) is 2.95. The standard InChI is InChI=1S/C10H9NO.C6H5.Hg/c1-7-5-6-8-3-2-4-9(12)10(8)11-7;1-2-4-6-5-3-1;/h2-6,12H,1H3;1-5H;/q;;+1/p-1. The van der Waals surface area contributed by atoms with Gasteiger partial charge in [0.15, 0.2) is 0 Å². The molecule has 1 heterocycles. The van der Waals surface area contributed by atoms with Gasteiger partial charge in [0.25, 0.3) is 0 Å². The van der Waals surface area contributed by atoms with Crippen molar-refractivity contribution in [3.8, 4) is 5.75 Å². The molecule has 0 saturated heterocycles. The van der Waals surface area contributed by atoms with Crippen LogP contribution in [0.2, 0.25) is 0 Å². The van der Waals surface area contributed by atoms with E-state index in [9.17, 15) is 0 Å². The fourth-order valence-corrected chi connectivity index (χ4v) is 6.03. The summed E-state index contributed by atoms with van der Waals surface area (Å²) in [7, 11) is 0. The summed E-state index contributed by atoms with van der Waals surface area (Å²) in [4.78, 5) is 4.60. The van der Waals surface area contributed by atoms with Crippen LogP contribution in [0.25, 0.3) is 10.9 Å². The molecule has 0 fully saturated rings. The van der Waals surface area contributed by atoms with Crippen molar-refractivity contribution < 1.29 is 27.7 Å². The molecule has 90 valence electrons. The van der Waals surface area contributed by atoms with Gasteiger partial charge in [-0.2, -0.15) is 0 Å². The Labute approximate surface area is 125 Å². The average Bonchev–Trinajstić information content (AvgIpc) is 2.46. The second-order valence-corrected chi connectivity index (χ2v) is 9.97. The summed E-state index contributed by atoms with van der Waals surface area (Å²) in [5.41, 5.74) is 2.01. The number of rotatable bonds is 3. The van der Waals surface area contributed by atoms with Gasteiger partial charge in [0.1, 0.15) is 0 Å². The Hall–Kier alpha value is -1.41. The second kappa shape index (κ2) is 5.70. The van der Waals surface area contributed by atoms with Crippen LogP contribution in [0.3, 0.4) is 0 Å². The molecule has 0 aliphatic rings. The van der Waals surface area contributed by atoms with Crippen molar-refractivity contribution in [3.63, 3.8) is 0 Å². The van der Waals surface area contributed by atoms with Crippen LogP contribution in [-0.4, -0.2) is 4.98 Å². The molecular weight excluding hydrogens is 423 g/mol. The minimum atomic E-state index is -1.54. The fraction of sp³-hybridized carbons (Fsp3) is 0.0625. The molecule has 0 N–H and O–H groups in total. The van der Waals surface area contributed by atoms with E-state index in [1.807, 2.05) is 31.2 Å². The van der Waals surface area contributed by atoms with Gasteiger partial charge in [-0.05, 0) is 0 Å². The molecule has 0 spiro atoms. The van der Waals surface area contributed by atoms with Gasteiger partial charge in [0.2, 0.25) is 0 Å². The van der Waals surface area contributed by atoms with Gasteiger partial charge in [-0.25, -0.2) is 0 Å². The fourth-order valence-electron chi connectivity index (χ4n) is 2.07. The van der Waals surface area contributed by atoms with Crippen LogP contribution >= 0.6 is 0 Å². The molecule has 3 heteroatoms. The number of aromatic nitrogens is 1. The molecule has 0 saturated carbocycles. The number of fused-ring (bicyclic) bond motifs is 1. The Morgan fingerprint density at radius 2 is 1.74 bits per heavy atom. The van der Waals surface area contributed by atoms with E-state index in [2.05, 4.69) is 41.4 Å². The summed E-state index contributed by atoms with van der Waals surface area (Å²) in [5, 5.41) is 1.14. The molecule has 3 aromatic rings. The van der Waals surface area contributed by atoms with E-state index in [0.29, 0.717) is 0 Å². The number of benzene rings is 2. The summed E-state index contributed by atoms with van der Waals surface area (Å²) in [5.74, 6) is 0.937. The molecule has 19 heavy (non-hydrogen) atoms. The van der Waals surface area contributed by atoms with Crippen LogP contribution in [0.4, 0.5) is 0 Å². The van der Waals surface area contributed by atoms with Crippen molar-refractivity contribution in [1.82, 2.24) is 4.98 Å². The first-order chi connectivity index (χ1) is 9.33. The van der Waals surface area contributed by atoms with Gasteiger partial charge in [0, 0.05) is 0 Å². The number of hydrogen-bond donors (Lipinski definition) is 0. The van der Waals surface area contributed by atoms with E-state index in [0.717, 1.165) is 22.3 Å². The normalized spacial score (nSPS) is 10.2. The summed E-state index contributed by atoms with van der Waals surface area (Å²) in [6, 6.07) is 20.8. The molecular formula is C16H13HgNO. The van der Waals surface area contributed by atoms with Gasteiger partial charge in [-0.3, -0.25) is 0 Å². The van der Waals surface area contributed by atoms with E-state index in [1.54, 1.807) is 0 Å². The number of hydrogen-bond acceptors (Lipinski definition) is 2. The molecule has 0 unspecified atom stereocenters. The van der Waals surface area contributed by atoms with Crippen molar-refractivity contribution in [2.75, 3.05) is 0 Å². The van der Waals surface area contributed by atoms with E-state index in [1.165, 1.54) is 3.07 Å². The zero-order valence-electron chi connectivity index (χ0n) is 10.8. The van der Waals surface area contributed by atoms with Crippen LogP contribution in [0, 0.1) is 6.92 Å². The van der Waals surface area contributed by atoms with Crippen LogP contribution in [0.5, 0.6) is 5.75 Å². The van der Waals surface area contributed by atoms with E-state index < -0.39 is 25.0 Å². The van der Waals surface area contributed by atoms with Crippen LogP contribution in [-0.2, 0) is 25.0 Å². The first-order valence-electron chi connectivity index (χ1n) is 6.36. The predicted octanol–water partition coefficient (Wildman–Crippen LogP) is 3.25. The maximum atomic E-state index is 6.12. The zero-order valence-corrected chi connectivity index (χ0v) is 16.3. The van der Waals surface area contributed by atoms with Crippen LogP contribution < -0.4 is 5.72 Å². The van der Waals surface area contributed by atoms with Gasteiger partial charge in [-0.1, -0.05) is 0 Å². The molecule has 0 aliphatic heterocycles. The minimum absolute atomic E-state index is 0.937. The summed E-state index contributed by atoms with van der Waals surface area (Å²) in [6.07, 6.45) is 0. The van der Waals surface area contributed by atoms with Gasteiger partial charge in [-0.15, -0.1) is 0 Å². The first-order valence-corrected chi connectivity index (χ1v) is 11.4. The molecule has 0 aliphatic carbocycles. The van der Waals surface area contributed by atoms with Gasteiger partial charge in [0.05, 0.1) is 0 Å². The maximum absolute atomic E-state index is 6.12. The van der Waals surface area contributed by atoms with Crippen LogP contribution in [0.1, 0.15) is 5.69 Å². The number of nitrogens with zero attached hydrogens (tertiary/aromatic N) is 1.